The van der Waals surface area contributed by atoms with Crippen LogP contribution in [0.1, 0.15) is 40.0 Å². The van der Waals surface area contributed by atoms with Gasteiger partial charge >= 0.3 is 5.97 Å². The second kappa shape index (κ2) is 7.67. The molecule has 0 amide bonds. The number of nitrogens with zero attached hydrogens (tertiary/aromatic N) is 1. The van der Waals surface area contributed by atoms with Crippen LogP contribution in [0.3, 0.4) is 0 Å². The van der Waals surface area contributed by atoms with Gasteiger partial charge in [-0.05, 0) is 59.3 Å². The van der Waals surface area contributed by atoms with Gasteiger partial charge in [-0.1, -0.05) is 13.8 Å². The normalized spacial score (nSPS) is 15.2. The Morgan fingerprint density at radius 3 is 2.41 bits per heavy atom. The van der Waals surface area contributed by atoms with Crippen LogP contribution in [0.2, 0.25) is 0 Å². The molecule has 0 rings (SSSR count). The number of carboxylic acid groups (broad SMARTS) is 1. The summed E-state index contributed by atoms with van der Waals surface area (Å²) >= 11 is 0. The molecule has 4 nitrogen and oxygen atoms in total. The van der Waals surface area contributed by atoms with E-state index in [9.17, 15) is 9.90 Å². The first-order valence-electron chi connectivity index (χ1n) is 6.41. The van der Waals surface area contributed by atoms with Crippen LogP contribution < -0.4 is 5.32 Å². The molecule has 0 heterocycles. The lowest BCUT2D eigenvalue weighted by atomic mass is 9.92. The highest BCUT2D eigenvalue weighted by atomic mass is 16.4. The average molecular weight is 244 g/mol. The Hall–Kier alpha value is -0.610. The maximum Gasteiger partial charge on any atom is 0.323 e. The molecule has 0 aromatic carbocycles. The molecule has 2 N–H and O–H groups in total. The van der Waals surface area contributed by atoms with Gasteiger partial charge in [-0.3, -0.25) is 4.79 Å². The Balaban J connectivity index is 4.08. The summed E-state index contributed by atoms with van der Waals surface area (Å²) < 4.78 is 0. The van der Waals surface area contributed by atoms with E-state index in [1.54, 1.807) is 6.92 Å². The molecule has 0 saturated carbocycles. The van der Waals surface area contributed by atoms with Crippen molar-refractivity contribution >= 4 is 5.97 Å². The number of carboxylic acids is 1. The Bertz CT molecular complexity index is 229. The van der Waals surface area contributed by atoms with Crippen LogP contribution in [0.15, 0.2) is 0 Å². The molecule has 4 heteroatoms. The zero-order valence-corrected chi connectivity index (χ0v) is 11.9. The van der Waals surface area contributed by atoms with Crippen molar-refractivity contribution in [3.63, 3.8) is 0 Å². The molecular formula is C13H28N2O2. The van der Waals surface area contributed by atoms with E-state index in [2.05, 4.69) is 24.1 Å². The number of nitrogens with one attached hydrogen (secondary N) is 1. The molecule has 0 aliphatic heterocycles. The van der Waals surface area contributed by atoms with E-state index in [-0.39, 0.29) is 0 Å². The quantitative estimate of drug-likeness (QED) is 0.607. The van der Waals surface area contributed by atoms with Gasteiger partial charge in [-0.25, -0.2) is 0 Å². The van der Waals surface area contributed by atoms with Crippen molar-refractivity contribution < 1.29 is 9.90 Å². The molecule has 0 aromatic heterocycles. The van der Waals surface area contributed by atoms with Gasteiger partial charge in [0, 0.05) is 0 Å². The fourth-order valence-electron chi connectivity index (χ4n) is 1.61. The number of hydrogen-bond acceptors (Lipinski definition) is 3. The van der Waals surface area contributed by atoms with Gasteiger partial charge in [0.05, 0.1) is 0 Å². The van der Waals surface area contributed by atoms with Gasteiger partial charge in [-0.15, -0.1) is 0 Å². The van der Waals surface area contributed by atoms with E-state index in [0.717, 1.165) is 25.9 Å². The van der Waals surface area contributed by atoms with E-state index in [1.807, 2.05) is 14.1 Å². The van der Waals surface area contributed by atoms with E-state index < -0.39 is 11.5 Å². The molecule has 0 spiro atoms. The van der Waals surface area contributed by atoms with Gasteiger partial charge in [-0.2, -0.15) is 0 Å². The first kappa shape index (κ1) is 16.4. The highest BCUT2D eigenvalue weighted by Crippen LogP contribution is 2.16. The van der Waals surface area contributed by atoms with Crippen LogP contribution in [0.25, 0.3) is 0 Å². The summed E-state index contributed by atoms with van der Waals surface area (Å²) in [5.41, 5.74) is -0.781. The second-order valence-electron chi connectivity index (χ2n) is 5.65. The van der Waals surface area contributed by atoms with Gasteiger partial charge in [0.2, 0.25) is 0 Å². The molecule has 0 aliphatic rings. The Labute approximate surface area is 105 Å². The maximum atomic E-state index is 11.3. The number of rotatable bonds is 9. The van der Waals surface area contributed by atoms with Gasteiger partial charge in [0.15, 0.2) is 0 Å². The molecule has 0 aliphatic carbocycles. The minimum atomic E-state index is -0.781. The third-order valence-electron chi connectivity index (χ3n) is 2.99. The van der Waals surface area contributed by atoms with Crippen molar-refractivity contribution in [2.45, 2.75) is 45.6 Å². The first-order valence-corrected chi connectivity index (χ1v) is 6.41. The van der Waals surface area contributed by atoms with Crippen molar-refractivity contribution in [2.24, 2.45) is 5.92 Å². The minimum absolute atomic E-state index is 0.539. The summed E-state index contributed by atoms with van der Waals surface area (Å²) in [5, 5.41) is 12.5. The molecule has 0 aromatic rings. The summed E-state index contributed by atoms with van der Waals surface area (Å²) in [7, 11) is 4.05. The third kappa shape index (κ3) is 7.34. The Morgan fingerprint density at radius 1 is 1.41 bits per heavy atom. The molecule has 0 bridgehead atoms. The molecular weight excluding hydrogens is 216 g/mol. The lowest BCUT2D eigenvalue weighted by Gasteiger charge is -2.27. The summed E-state index contributed by atoms with van der Waals surface area (Å²) in [6.07, 6.45) is 2.59. The summed E-state index contributed by atoms with van der Waals surface area (Å²) in [6.45, 7) is 7.75. The van der Waals surface area contributed by atoms with Gasteiger partial charge in [0.1, 0.15) is 5.54 Å². The van der Waals surface area contributed by atoms with Crippen LogP contribution in [-0.4, -0.2) is 48.7 Å². The molecule has 17 heavy (non-hydrogen) atoms. The molecule has 0 radical (unpaired) electrons. The number of hydrogen-bond donors (Lipinski definition) is 2. The van der Waals surface area contributed by atoms with Crippen molar-refractivity contribution in [1.82, 2.24) is 10.2 Å². The van der Waals surface area contributed by atoms with Crippen LogP contribution >= 0.6 is 0 Å². The largest absolute Gasteiger partial charge is 0.480 e. The monoisotopic (exact) mass is 244 g/mol. The third-order valence-corrected chi connectivity index (χ3v) is 2.99. The molecule has 102 valence electrons. The van der Waals surface area contributed by atoms with E-state index in [0.29, 0.717) is 12.3 Å². The van der Waals surface area contributed by atoms with Gasteiger partial charge < -0.3 is 15.3 Å². The zero-order chi connectivity index (χ0) is 13.5. The van der Waals surface area contributed by atoms with Crippen LogP contribution in [0, 0.1) is 5.92 Å². The summed E-state index contributed by atoms with van der Waals surface area (Å²) in [4.78, 5) is 13.4. The van der Waals surface area contributed by atoms with E-state index in [4.69, 9.17) is 0 Å². The van der Waals surface area contributed by atoms with Crippen molar-refractivity contribution in [3.05, 3.63) is 0 Å². The van der Waals surface area contributed by atoms with Crippen LogP contribution in [0.5, 0.6) is 0 Å². The lowest BCUT2D eigenvalue weighted by molar-refractivity contribution is -0.144. The highest BCUT2D eigenvalue weighted by Gasteiger charge is 2.31. The van der Waals surface area contributed by atoms with Crippen molar-refractivity contribution in [3.8, 4) is 0 Å². The van der Waals surface area contributed by atoms with E-state index in [1.165, 1.54) is 0 Å². The summed E-state index contributed by atoms with van der Waals surface area (Å²) in [6, 6.07) is 0. The van der Waals surface area contributed by atoms with Crippen molar-refractivity contribution in [2.75, 3.05) is 27.2 Å². The lowest BCUT2D eigenvalue weighted by Crippen LogP contribution is -2.50. The highest BCUT2D eigenvalue weighted by molar-refractivity contribution is 5.78. The smallest absolute Gasteiger partial charge is 0.323 e. The first-order chi connectivity index (χ1) is 7.78. The fourth-order valence-corrected chi connectivity index (χ4v) is 1.61. The van der Waals surface area contributed by atoms with Crippen molar-refractivity contribution in [1.29, 1.82) is 0 Å². The predicted molar refractivity (Wildman–Crippen MR) is 71.3 cm³/mol. The molecule has 1 atom stereocenters. The molecule has 0 fully saturated rings. The molecule has 1 unspecified atom stereocenters. The summed E-state index contributed by atoms with van der Waals surface area (Å²) in [5.74, 6) is -0.208. The Kier molecular flexibility index (Phi) is 7.39. The second-order valence-corrected chi connectivity index (χ2v) is 5.65. The average Bonchev–Trinajstić information content (AvgIpc) is 2.21. The molecule has 0 saturated heterocycles. The Morgan fingerprint density at radius 2 is 2.00 bits per heavy atom. The van der Waals surface area contributed by atoms with E-state index >= 15 is 0 Å². The minimum Gasteiger partial charge on any atom is -0.480 e. The van der Waals surface area contributed by atoms with Crippen LogP contribution in [0.4, 0.5) is 0 Å². The maximum absolute atomic E-state index is 11.3. The predicted octanol–water partition coefficient (Wildman–Crippen LogP) is 1.81. The topological polar surface area (TPSA) is 52.6 Å². The number of carbonyl (C=O) groups is 1. The number of aliphatic carboxylic acids is 1. The standard InChI is InChI=1S/C13H28N2O2/c1-11(2)7-8-13(3,12(16)17)14-9-6-10-15(4)5/h11,14H,6-10H2,1-5H3,(H,16,17). The zero-order valence-electron chi connectivity index (χ0n) is 11.9. The van der Waals surface area contributed by atoms with Crippen LogP contribution in [-0.2, 0) is 4.79 Å². The van der Waals surface area contributed by atoms with Gasteiger partial charge in [0.25, 0.3) is 0 Å². The SMILES string of the molecule is CC(C)CCC(C)(NCCCN(C)C)C(=O)O. The fraction of sp³-hybridized carbons (Fsp3) is 0.923.